The van der Waals surface area contributed by atoms with Crippen molar-refractivity contribution in [3.05, 3.63) is 65.5 Å². The van der Waals surface area contributed by atoms with E-state index in [1.807, 2.05) is 24.3 Å². The van der Waals surface area contributed by atoms with Crippen LogP contribution in [0.15, 0.2) is 48.5 Å². The monoisotopic (exact) mass is 272 g/mol. The van der Waals surface area contributed by atoms with Crippen LogP contribution < -0.4 is 10.6 Å². The van der Waals surface area contributed by atoms with Gasteiger partial charge < -0.3 is 10.6 Å². The van der Waals surface area contributed by atoms with Crippen molar-refractivity contribution in [2.45, 2.75) is 13.0 Å². The molecule has 2 aromatic rings. The smallest absolute Gasteiger partial charge is 0.231 e. The molecule has 104 valence electrons. The van der Waals surface area contributed by atoms with Gasteiger partial charge in [-0.1, -0.05) is 30.3 Å². The van der Waals surface area contributed by atoms with Gasteiger partial charge in [0.15, 0.2) is 0 Å². The Labute approximate surface area is 117 Å². The fraction of sp³-hybridized carbons (Fsp3) is 0.188. The van der Waals surface area contributed by atoms with E-state index >= 15 is 0 Å². The van der Waals surface area contributed by atoms with Crippen LogP contribution in [0.2, 0.25) is 0 Å². The minimum atomic E-state index is -0.354. The Balaban J connectivity index is 2.10. The molecule has 0 saturated heterocycles. The number of carbonyl (C=O) groups excluding carboxylic acids is 1. The van der Waals surface area contributed by atoms with Crippen molar-refractivity contribution in [3.63, 3.8) is 0 Å². The van der Waals surface area contributed by atoms with Crippen molar-refractivity contribution in [1.82, 2.24) is 0 Å². The van der Waals surface area contributed by atoms with E-state index in [0.29, 0.717) is 12.1 Å². The van der Waals surface area contributed by atoms with Gasteiger partial charge in [0.05, 0.1) is 6.42 Å². The molecule has 1 amide bonds. The summed E-state index contributed by atoms with van der Waals surface area (Å²) in [5.74, 6) is -0.511. The van der Waals surface area contributed by atoms with Crippen molar-refractivity contribution < 1.29 is 9.18 Å². The first kappa shape index (κ1) is 14.2. The van der Waals surface area contributed by atoms with Gasteiger partial charge in [0, 0.05) is 19.3 Å². The van der Waals surface area contributed by atoms with Gasteiger partial charge in [-0.05, 0) is 29.3 Å². The number of hydrogen-bond donors (Lipinski definition) is 1. The van der Waals surface area contributed by atoms with Crippen LogP contribution in [-0.4, -0.2) is 13.0 Å². The highest BCUT2D eigenvalue weighted by molar-refractivity contribution is 5.94. The third kappa shape index (κ3) is 3.22. The zero-order valence-corrected chi connectivity index (χ0v) is 11.3. The summed E-state index contributed by atoms with van der Waals surface area (Å²) >= 11 is 0. The van der Waals surface area contributed by atoms with E-state index in [1.54, 1.807) is 25.2 Å². The van der Waals surface area contributed by atoms with E-state index < -0.39 is 0 Å². The Kier molecular flexibility index (Phi) is 4.48. The Hall–Kier alpha value is -2.20. The third-order valence-corrected chi connectivity index (χ3v) is 3.23. The maximum atomic E-state index is 13.5. The van der Waals surface area contributed by atoms with E-state index in [-0.39, 0.29) is 18.1 Å². The Bertz CT molecular complexity index is 596. The van der Waals surface area contributed by atoms with Crippen molar-refractivity contribution in [3.8, 4) is 0 Å². The van der Waals surface area contributed by atoms with Gasteiger partial charge >= 0.3 is 0 Å². The number of halogens is 1. The average Bonchev–Trinajstić information content (AvgIpc) is 2.49. The van der Waals surface area contributed by atoms with Crippen LogP contribution in [0.3, 0.4) is 0 Å². The Morgan fingerprint density at radius 2 is 1.80 bits per heavy atom. The second-order valence-corrected chi connectivity index (χ2v) is 4.59. The minimum absolute atomic E-state index is 0.0435. The van der Waals surface area contributed by atoms with E-state index in [1.165, 1.54) is 11.0 Å². The molecule has 2 aromatic carbocycles. The summed E-state index contributed by atoms with van der Waals surface area (Å²) in [6.07, 6.45) is 0.0435. The van der Waals surface area contributed by atoms with Crippen molar-refractivity contribution in [2.75, 3.05) is 11.9 Å². The molecule has 0 aromatic heterocycles. The summed E-state index contributed by atoms with van der Waals surface area (Å²) in [5, 5.41) is 0. The predicted molar refractivity (Wildman–Crippen MR) is 77.8 cm³/mol. The van der Waals surface area contributed by atoms with Crippen LogP contribution in [0.5, 0.6) is 0 Å². The zero-order valence-electron chi connectivity index (χ0n) is 11.3. The molecular weight excluding hydrogens is 255 g/mol. The van der Waals surface area contributed by atoms with Crippen LogP contribution in [0.1, 0.15) is 11.1 Å². The highest BCUT2D eigenvalue weighted by Gasteiger charge is 2.13. The van der Waals surface area contributed by atoms with Crippen LogP contribution in [0, 0.1) is 5.82 Å². The van der Waals surface area contributed by atoms with E-state index in [2.05, 4.69) is 0 Å². The molecule has 0 spiro atoms. The quantitative estimate of drug-likeness (QED) is 0.929. The summed E-state index contributed by atoms with van der Waals surface area (Å²) < 4.78 is 13.5. The number of hydrogen-bond acceptors (Lipinski definition) is 2. The molecule has 0 heterocycles. The Morgan fingerprint density at radius 3 is 2.40 bits per heavy atom. The lowest BCUT2D eigenvalue weighted by atomic mass is 10.1. The van der Waals surface area contributed by atoms with Crippen LogP contribution in [0.4, 0.5) is 10.1 Å². The molecule has 0 fully saturated rings. The first-order valence-corrected chi connectivity index (χ1v) is 6.41. The van der Waals surface area contributed by atoms with Crippen molar-refractivity contribution in [2.24, 2.45) is 5.73 Å². The second-order valence-electron chi connectivity index (χ2n) is 4.59. The SMILES string of the molecule is CN(C(=O)Cc1ccccc1F)c1ccc(CN)cc1. The summed E-state index contributed by atoms with van der Waals surface area (Å²) in [5.41, 5.74) is 7.71. The average molecular weight is 272 g/mol. The molecule has 0 aliphatic heterocycles. The van der Waals surface area contributed by atoms with Crippen LogP contribution in [-0.2, 0) is 17.8 Å². The van der Waals surface area contributed by atoms with Crippen LogP contribution in [0.25, 0.3) is 0 Å². The first-order valence-electron chi connectivity index (χ1n) is 6.41. The molecular formula is C16H17FN2O. The lowest BCUT2D eigenvalue weighted by molar-refractivity contribution is -0.117. The molecule has 0 radical (unpaired) electrons. The highest BCUT2D eigenvalue weighted by atomic mass is 19.1. The molecule has 0 atom stereocenters. The number of benzene rings is 2. The number of anilines is 1. The van der Waals surface area contributed by atoms with Crippen LogP contribution >= 0.6 is 0 Å². The molecule has 2 N–H and O–H groups in total. The summed E-state index contributed by atoms with van der Waals surface area (Å²) in [6.45, 7) is 0.465. The molecule has 0 saturated carbocycles. The van der Waals surface area contributed by atoms with Gasteiger partial charge in [-0.2, -0.15) is 0 Å². The van der Waals surface area contributed by atoms with Gasteiger partial charge in [0.2, 0.25) is 5.91 Å². The maximum Gasteiger partial charge on any atom is 0.231 e. The largest absolute Gasteiger partial charge is 0.326 e. The highest BCUT2D eigenvalue weighted by Crippen LogP contribution is 2.16. The lowest BCUT2D eigenvalue weighted by Gasteiger charge is -2.18. The normalized spacial score (nSPS) is 10.3. The number of nitrogens with zero attached hydrogens (tertiary/aromatic N) is 1. The third-order valence-electron chi connectivity index (χ3n) is 3.23. The second kappa shape index (κ2) is 6.30. The van der Waals surface area contributed by atoms with Gasteiger partial charge in [-0.25, -0.2) is 4.39 Å². The lowest BCUT2D eigenvalue weighted by Crippen LogP contribution is -2.28. The molecule has 2 rings (SSSR count). The molecule has 4 heteroatoms. The Morgan fingerprint density at radius 1 is 1.15 bits per heavy atom. The molecule has 3 nitrogen and oxygen atoms in total. The molecule has 0 unspecified atom stereocenters. The number of amides is 1. The fourth-order valence-electron chi connectivity index (χ4n) is 1.92. The fourth-order valence-corrected chi connectivity index (χ4v) is 1.92. The number of rotatable bonds is 4. The summed E-state index contributed by atoms with van der Waals surface area (Å²) in [7, 11) is 1.68. The summed E-state index contributed by atoms with van der Waals surface area (Å²) in [6, 6.07) is 13.7. The number of carbonyl (C=O) groups is 1. The summed E-state index contributed by atoms with van der Waals surface area (Å²) in [4.78, 5) is 13.7. The number of likely N-dealkylation sites (N-methyl/N-ethyl adjacent to an activating group) is 1. The van der Waals surface area contributed by atoms with Crippen molar-refractivity contribution in [1.29, 1.82) is 0 Å². The molecule has 0 bridgehead atoms. The first-order chi connectivity index (χ1) is 9.61. The predicted octanol–water partition coefficient (Wildman–Crippen LogP) is 2.49. The van der Waals surface area contributed by atoms with Gasteiger partial charge in [0.1, 0.15) is 5.82 Å². The molecule has 0 aliphatic rings. The van der Waals surface area contributed by atoms with Crippen molar-refractivity contribution >= 4 is 11.6 Å². The molecule has 20 heavy (non-hydrogen) atoms. The van der Waals surface area contributed by atoms with Gasteiger partial charge in [0.25, 0.3) is 0 Å². The standard InChI is InChI=1S/C16H17FN2O/c1-19(14-8-6-12(11-18)7-9-14)16(20)10-13-4-2-3-5-15(13)17/h2-9H,10-11,18H2,1H3. The van der Waals surface area contributed by atoms with Gasteiger partial charge in [-0.15, -0.1) is 0 Å². The number of nitrogens with two attached hydrogens (primary N) is 1. The molecule has 0 aliphatic carbocycles. The van der Waals surface area contributed by atoms with E-state index in [4.69, 9.17) is 5.73 Å². The van der Waals surface area contributed by atoms with E-state index in [9.17, 15) is 9.18 Å². The minimum Gasteiger partial charge on any atom is -0.326 e. The van der Waals surface area contributed by atoms with E-state index in [0.717, 1.165) is 11.3 Å². The zero-order chi connectivity index (χ0) is 14.5. The van der Waals surface area contributed by atoms with Gasteiger partial charge in [-0.3, -0.25) is 4.79 Å². The maximum absolute atomic E-state index is 13.5. The topological polar surface area (TPSA) is 46.3 Å².